The minimum absolute atomic E-state index is 0.00276. The van der Waals surface area contributed by atoms with Gasteiger partial charge >= 0.3 is 5.97 Å². The Morgan fingerprint density at radius 1 is 1.03 bits per heavy atom. The maximum Gasteiger partial charge on any atom is 0.336 e. The predicted molar refractivity (Wildman–Crippen MR) is 135 cm³/mol. The SMILES string of the molecule is N#CCOc1ccc(C=C2CN(Cc3ccccc3)Cc3c2nc2ccccc2c3C(=O)O)cc1. The third-order valence-corrected chi connectivity index (χ3v) is 6.06. The Balaban J connectivity index is 1.61. The van der Waals surface area contributed by atoms with Gasteiger partial charge in [0.05, 0.1) is 16.8 Å². The average molecular weight is 462 g/mol. The highest BCUT2D eigenvalue weighted by Gasteiger charge is 2.28. The third kappa shape index (κ3) is 4.77. The molecule has 2 heterocycles. The number of rotatable bonds is 6. The largest absolute Gasteiger partial charge is 0.479 e. The van der Waals surface area contributed by atoms with Crippen molar-refractivity contribution in [3.63, 3.8) is 0 Å². The highest BCUT2D eigenvalue weighted by molar-refractivity contribution is 6.06. The van der Waals surface area contributed by atoms with E-state index in [2.05, 4.69) is 23.1 Å². The molecule has 5 rings (SSSR count). The second kappa shape index (κ2) is 9.80. The van der Waals surface area contributed by atoms with E-state index >= 15 is 0 Å². The van der Waals surface area contributed by atoms with Gasteiger partial charge in [-0.3, -0.25) is 4.90 Å². The van der Waals surface area contributed by atoms with Crippen molar-refractivity contribution in [2.24, 2.45) is 0 Å². The monoisotopic (exact) mass is 461 g/mol. The smallest absolute Gasteiger partial charge is 0.336 e. The van der Waals surface area contributed by atoms with Crippen LogP contribution in [0.1, 0.15) is 32.7 Å². The van der Waals surface area contributed by atoms with Gasteiger partial charge in [0.2, 0.25) is 0 Å². The standard InChI is InChI=1S/C29H23N3O3/c30-14-15-35-23-12-10-20(11-13-23)16-22-18-32(17-21-6-2-1-3-7-21)19-25-27(29(33)34)24-8-4-5-9-26(24)31-28(22)25/h1-13,16H,15,17-19H2,(H,33,34). The van der Waals surface area contributed by atoms with E-state index in [0.29, 0.717) is 41.9 Å². The van der Waals surface area contributed by atoms with Gasteiger partial charge in [-0.15, -0.1) is 0 Å². The number of hydrogen-bond donors (Lipinski definition) is 1. The van der Waals surface area contributed by atoms with Gasteiger partial charge in [0.25, 0.3) is 0 Å². The molecule has 0 unspecified atom stereocenters. The van der Waals surface area contributed by atoms with Crippen LogP contribution in [0.5, 0.6) is 5.75 Å². The first-order valence-electron chi connectivity index (χ1n) is 11.3. The molecule has 0 bridgehead atoms. The van der Waals surface area contributed by atoms with Gasteiger partial charge in [0.15, 0.2) is 6.61 Å². The van der Waals surface area contributed by atoms with Crippen LogP contribution < -0.4 is 4.74 Å². The zero-order chi connectivity index (χ0) is 24.2. The first-order chi connectivity index (χ1) is 17.1. The van der Waals surface area contributed by atoms with Gasteiger partial charge in [0, 0.05) is 30.6 Å². The first-order valence-corrected chi connectivity index (χ1v) is 11.3. The molecular formula is C29H23N3O3. The number of hydrogen-bond acceptors (Lipinski definition) is 5. The van der Waals surface area contributed by atoms with E-state index in [1.807, 2.05) is 72.8 Å². The topological polar surface area (TPSA) is 86.5 Å². The molecule has 35 heavy (non-hydrogen) atoms. The van der Waals surface area contributed by atoms with Crippen molar-refractivity contribution in [2.75, 3.05) is 13.2 Å². The number of fused-ring (bicyclic) bond motifs is 2. The lowest BCUT2D eigenvalue weighted by Gasteiger charge is -2.31. The summed E-state index contributed by atoms with van der Waals surface area (Å²) in [5, 5.41) is 19.6. The lowest BCUT2D eigenvalue weighted by atomic mass is 9.91. The number of benzene rings is 3. The fourth-order valence-corrected chi connectivity index (χ4v) is 4.56. The Bertz CT molecular complexity index is 1450. The van der Waals surface area contributed by atoms with E-state index in [-0.39, 0.29) is 6.61 Å². The number of carboxylic acids is 1. The van der Waals surface area contributed by atoms with Crippen molar-refractivity contribution in [2.45, 2.75) is 13.1 Å². The van der Waals surface area contributed by atoms with Crippen LogP contribution in [0.25, 0.3) is 22.6 Å². The Morgan fingerprint density at radius 2 is 1.77 bits per heavy atom. The molecule has 3 aromatic carbocycles. The Morgan fingerprint density at radius 3 is 2.51 bits per heavy atom. The van der Waals surface area contributed by atoms with Crippen molar-refractivity contribution < 1.29 is 14.6 Å². The number of carbonyl (C=O) groups is 1. The quantitative estimate of drug-likeness (QED) is 0.414. The molecular weight excluding hydrogens is 438 g/mol. The molecule has 1 aliphatic rings. The van der Waals surface area contributed by atoms with Gasteiger partial charge < -0.3 is 9.84 Å². The van der Waals surface area contributed by atoms with Crippen molar-refractivity contribution >= 4 is 28.5 Å². The fourth-order valence-electron chi connectivity index (χ4n) is 4.56. The maximum atomic E-state index is 12.4. The lowest BCUT2D eigenvalue weighted by molar-refractivity contribution is 0.0696. The van der Waals surface area contributed by atoms with E-state index in [1.54, 1.807) is 0 Å². The van der Waals surface area contributed by atoms with E-state index in [9.17, 15) is 9.90 Å². The third-order valence-electron chi connectivity index (χ3n) is 6.06. The van der Waals surface area contributed by atoms with E-state index < -0.39 is 5.97 Å². The van der Waals surface area contributed by atoms with Crippen LogP contribution in [-0.4, -0.2) is 34.1 Å². The summed E-state index contributed by atoms with van der Waals surface area (Å²) in [5.41, 5.74) is 5.53. The summed E-state index contributed by atoms with van der Waals surface area (Å²) in [6.07, 6.45) is 2.05. The first kappa shape index (κ1) is 22.3. The molecule has 0 fully saturated rings. The summed E-state index contributed by atoms with van der Waals surface area (Å²) in [4.78, 5) is 19.6. The normalized spacial score (nSPS) is 14.4. The number of aromatic nitrogens is 1. The molecule has 1 aliphatic heterocycles. The molecule has 6 nitrogen and oxygen atoms in total. The zero-order valence-electron chi connectivity index (χ0n) is 19.0. The summed E-state index contributed by atoms with van der Waals surface area (Å²) in [7, 11) is 0. The molecule has 0 saturated heterocycles. The average Bonchev–Trinajstić information content (AvgIpc) is 2.87. The van der Waals surface area contributed by atoms with Gasteiger partial charge in [-0.05, 0) is 41.0 Å². The van der Waals surface area contributed by atoms with Crippen LogP contribution in [-0.2, 0) is 13.1 Å². The number of pyridine rings is 1. The van der Waals surface area contributed by atoms with Crippen LogP contribution in [0.2, 0.25) is 0 Å². The van der Waals surface area contributed by atoms with Gasteiger partial charge in [-0.2, -0.15) is 5.26 Å². The molecule has 0 aliphatic carbocycles. The summed E-state index contributed by atoms with van der Waals surface area (Å²) < 4.78 is 5.36. The molecule has 6 heteroatoms. The number of para-hydroxylation sites is 1. The van der Waals surface area contributed by atoms with Crippen molar-refractivity contribution in [3.05, 3.63) is 107 Å². The highest BCUT2D eigenvalue weighted by Crippen LogP contribution is 2.34. The Labute approximate surface area is 203 Å². The molecule has 172 valence electrons. The number of aromatic carboxylic acids is 1. The van der Waals surface area contributed by atoms with E-state index in [4.69, 9.17) is 15.0 Å². The van der Waals surface area contributed by atoms with Crippen LogP contribution in [0, 0.1) is 11.3 Å². The van der Waals surface area contributed by atoms with Gasteiger partial charge in [-0.25, -0.2) is 9.78 Å². The molecule has 0 spiro atoms. The minimum atomic E-state index is -0.945. The van der Waals surface area contributed by atoms with Crippen LogP contribution >= 0.6 is 0 Å². The molecule has 4 aromatic rings. The number of nitrogens with zero attached hydrogens (tertiary/aromatic N) is 3. The minimum Gasteiger partial charge on any atom is -0.479 e. The second-order valence-corrected chi connectivity index (χ2v) is 8.45. The van der Waals surface area contributed by atoms with E-state index in [1.165, 1.54) is 5.56 Å². The highest BCUT2D eigenvalue weighted by atomic mass is 16.5. The molecule has 1 aromatic heterocycles. The summed E-state index contributed by atoms with van der Waals surface area (Å²) >= 11 is 0. The number of nitriles is 1. The van der Waals surface area contributed by atoms with Crippen LogP contribution in [0.3, 0.4) is 0 Å². The summed E-state index contributed by atoms with van der Waals surface area (Å²) in [6, 6.07) is 27.0. The summed E-state index contributed by atoms with van der Waals surface area (Å²) in [5.74, 6) is -0.319. The van der Waals surface area contributed by atoms with Crippen molar-refractivity contribution in [1.29, 1.82) is 5.26 Å². The summed E-state index contributed by atoms with van der Waals surface area (Å²) in [6.45, 7) is 1.84. The van der Waals surface area contributed by atoms with Crippen LogP contribution in [0.15, 0.2) is 78.9 Å². The van der Waals surface area contributed by atoms with Gasteiger partial charge in [-0.1, -0.05) is 60.7 Å². The molecule has 0 radical (unpaired) electrons. The van der Waals surface area contributed by atoms with E-state index in [0.717, 1.165) is 22.4 Å². The van der Waals surface area contributed by atoms with Crippen LogP contribution in [0.4, 0.5) is 0 Å². The fraction of sp³-hybridized carbons (Fsp3) is 0.138. The van der Waals surface area contributed by atoms with Gasteiger partial charge in [0.1, 0.15) is 11.8 Å². The zero-order valence-corrected chi connectivity index (χ0v) is 19.0. The molecule has 0 atom stereocenters. The molecule has 0 saturated carbocycles. The Kier molecular flexibility index (Phi) is 6.25. The maximum absolute atomic E-state index is 12.4. The molecule has 0 amide bonds. The molecule has 1 N–H and O–H groups in total. The lowest BCUT2D eigenvalue weighted by Crippen LogP contribution is -2.31. The predicted octanol–water partition coefficient (Wildman–Crippen LogP) is 5.39. The number of carboxylic acid groups (broad SMARTS) is 1. The number of ether oxygens (including phenoxy) is 1. The van der Waals surface area contributed by atoms with Crippen molar-refractivity contribution in [1.82, 2.24) is 9.88 Å². The second-order valence-electron chi connectivity index (χ2n) is 8.45. The van der Waals surface area contributed by atoms with Crippen molar-refractivity contribution in [3.8, 4) is 11.8 Å². The Hall–Kier alpha value is -4.47.